The van der Waals surface area contributed by atoms with Gasteiger partial charge in [-0.15, -0.1) is 0 Å². The van der Waals surface area contributed by atoms with E-state index in [0.717, 1.165) is 16.9 Å². The monoisotopic (exact) mass is 373 g/mol. The molecule has 5 nitrogen and oxygen atoms in total. The zero-order valence-electron chi connectivity index (χ0n) is 15.9. The third-order valence-electron chi connectivity index (χ3n) is 4.88. The van der Waals surface area contributed by atoms with Gasteiger partial charge in [-0.3, -0.25) is 0 Å². The predicted octanol–water partition coefficient (Wildman–Crippen LogP) is 3.20. The van der Waals surface area contributed by atoms with Gasteiger partial charge in [0.2, 0.25) is 10.0 Å². The number of hydrogen-bond acceptors (Lipinski definition) is 4. The van der Waals surface area contributed by atoms with Crippen LogP contribution in [-0.4, -0.2) is 43.9 Å². The molecule has 3 rings (SSSR count). The van der Waals surface area contributed by atoms with Crippen molar-refractivity contribution in [2.24, 2.45) is 0 Å². The summed E-state index contributed by atoms with van der Waals surface area (Å²) in [6.45, 7) is 10.4. The Morgan fingerprint density at radius 3 is 2.27 bits per heavy atom. The summed E-state index contributed by atoms with van der Waals surface area (Å²) in [6.07, 6.45) is 1.76. The molecule has 1 fully saturated rings. The van der Waals surface area contributed by atoms with Crippen molar-refractivity contribution in [3.8, 4) is 0 Å². The van der Waals surface area contributed by atoms with Crippen molar-refractivity contribution in [3.63, 3.8) is 0 Å². The molecule has 0 spiro atoms. The summed E-state index contributed by atoms with van der Waals surface area (Å²) >= 11 is 0. The van der Waals surface area contributed by atoms with Gasteiger partial charge in [0.25, 0.3) is 0 Å². The molecule has 6 heteroatoms. The minimum atomic E-state index is -3.49. The molecule has 1 aliphatic heterocycles. The van der Waals surface area contributed by atoms with Crippen LogP contribution in [0.25, 0.3) is 0 Å². The molecule has 1 aromatic heterocycles. The van der Waals surface area contributed by atoms with Gasteiger partial charge in [-0.2, -0.15) is 4.31 Å². The first-order chi connectivity index (χ1) is 12.2. The molecule has 0 saturated carbocycles. The topological polar surface area (TPSA) is 53.5 Å². The number of rotatable bonds is 3. The van der Waals surface area contributed by atoms with Crippen molar-refractivity contribution >= 4 is 15.8 Å². The highest BCUT2D eigenvalue weighted by atomic mass is 32.2. The molecule has 0 atom stereocenters. The molecule has 0 N–H and O–H groups in total. The van der Waals surface area contributed by atoms with E-state index in [1.807, 2.05) is 43.3 Å². The van der Waals surface area contributed by atoms with Gasteiger partial charge >= 0.3 is 0 Å². The fraction of sp³-hybridized carbons (Fsp3) is 0.450. The van der Waals surface area contributed by atoms with Crippen molar-refractivity contribution in [2.75, 3.05) is 31.1 Å². The highest BCUT2D eigenvalue weighted by Gasteiger charge is 2.30. The van der Waals surface area contributed by atoms with Crippen LogP contribution in [0.3, 0.4) is 0 Å². The van der Waals surface area contributed by atoms with Crippen LogP contribution in [0, 0.1) is 6.92 Å². The molecule has 140 valence electrons. The summed E-state index contributed by atoms with van der Waals surface area (Å²) in [4.78, 5) is 6.91. The second kappa shape index (κ2) is 7.00. The maximum atomic E-state index is 13.2. The highest BCUT2D eigenvalue weighted by Crippen LogP contribution is 2.29. The highest BCUT2D eigenvalue weighted by molar-refractivity contribution is 7.89. The van der Waals surface area contributed by atoms with Crippen molar-refractivity contribution in [2.45, 2.75) is 38.0 Å². The van der Waals surface area contributed by atoms with E-state index in [1.54, 1.807) is 10.5 Å². The maximum Gasteiger partial charge on any atom is 0.243 e. The zero-order chi connectivity index (χ0) is 18.9. The van der Waals surface area contributed by atoms with Crippen LogP contribution in [0.15, 0.2) is 47.5 Å². The number of pyridine rings is 1. The van der Waals surface area contributed by atoms with Gasteiger partial charge < -0.3 is 4.90 Å². The average molecular weight is 374 g/mol. The van der Waals surface area contributed by atoms with Crippen molar-refractivity contribution < 1.29 is 8.42 Å². The number of aryl methyl sites for hydroxylation is 1. The number of aromatic nitrogens is 1. The van der Waals surface area contributed by atoms with E-state index in [2.05, 4.69) is 30.7 Å². The summed E-state index contributed by atoms with van der Waals surface area (Å²) in [5.41, 5.74) is 1.74. The lowest BCUT2D eigenvalue weighted by Crippen LogP contribution is -2.49. The third kappa shape index (κ3) is 3.76. The summed E-state index contributed by atoms with van der Waals surface area (Å²) in [5.74, 6) is 0.899. The normalized spacial score (nSPS) is 16.7. The quantitative estimate of drug-likeness (QED) is 0.829. The first kappa shape index (κ1) is 18.9. The molecule has 2 heterocycles. The van der Waals surface area contributed by atoms with E-state index >= 15 is 0 Å². The second-order valence-corrected chi connectivity index (χ2v) is 9.72. The second-order valence-electron chi connectivity index (χ2n) is 7.81. The lowest BCUT2D eigenvalue weighted by atomic mass is 9.87. The van der Waals surface area contributed by atoms with Gasteiger partial charge in [0.1, 0.15) is 5.82 Å². The third-order valence-corrected chi connectivity index (χ3v) is 6.92. The SMILES string of the molecule is Cc1ccc(C(C)(C)C)cc1S(=O)(=O)N1CCN(c2ccccn2)CC1. The minimum absolute atomic E-state index is 0.0877. The molecular weight excluding hydrogens is 346 g/mol. The van der Waals surface area contributed by atoms with E-state index in [1.165, 1.54) is 0 Å². The van der Waals surface area contributed by atoms with E-state index in [9.17, 15) is 8.42 Å². The molecule has 0 unspecified atom stereocenters. The number of piperazine rings is 1. The Balaban J connectivity index is 1.82. The summed E-state index contributed by atoms with van der Waals surface area (Å²) in [7, 11) is -3.49. The lowest BCUT2D eigenvalue weighted by Gasteiger charge is -2.35. The van der Waals surface area contributed by atoms with Crippen molar-refractivity contribution in [3.05, 3.63) is 53.7 Å². The van der Waals surface area contributed by atoms with Gasteiger partial charge in [-0.1, -0.05) is 39.0 Å². The van der Waals surface area contributed by atoms with Crippen molar-refractivity contribution in [1.82, 2.24) is 9.29 Å². The number of benzene rings is 1. The fourth-order valence-electron chi connectivity index (χ4n) is 3.18. The Bertz CT molecular complexity index is 866. The van der Waals surface area contributed by atoms with Crippen LogP contribution in [0.2, 0.25) is 0 Å². The molecule has 1 aromatic carbocycles. The fourth-order valence-corrected chi connectivity index (χ4v) is 4.85. The first-order valence-corrected chi connectivity index (χ1v) is 10.4. The van der Waals surface area contributed by atoms with Gasteiger partial charge in [-0.05, 0) is 41.7 Å². The Kier molecular flexibility index (Phi) is 5.08. The molecule has 0 aliphatic carbocycles. The van der Waals surface area contributed by atoms with Gasteiger partial charge in [0.05, 0.1) is 4.90 Å². The van der Waals surface area contributed by atoms with Crippen LogP contribution in [0.5, 0.6) is 0 Å². The molecule has 0 radical (unpaired) electrons. The van der Waals surface area contributed by atoms with Gasteiger partial charge in [0, 0.05) is 32.4 Å². The van der Waals surface area contributed by atoms with E-state index < -0.39 is 10.0 Å². The Labute approximate surface area is 156 Å². The van der Waals surface area contributed by atoms with Crippen LogP contribution in [0.1, 0.15) is 31.9 Å². The summed E-state index contributed by atoms with van der Waals surface area (Å²) < 4.78 is 28.0. The van der Waals surface area contributed by atoms with Crippen LogP contribution in [0.4, 0.5) is 5.82 Å². The number of nitrogens with zero attached hydrogens (tertiary/aromatic N) is 3. The maximum absolute atomic E-state index is 13.2. The Morgan fingerprint density at radius 2 is 1.69 bits per heavy atom. The molecule has 26 heavy (non-hydrogen) atoms. The van der Waals surface area contributed by atoms with Gasteiger partial charge in [0.15, 0.2) is 0 Å². The molecule has 0 amide bonds. The Hall–Kier alpha value is -1.92. The molecule has 1 saturated heterocycles. The van der Waals surface area contributed by atoms with Gasteiger partial charge in [-0.25, -0.2) is 13.4 Å². The van der Waals surface area contributed by atoms with Crippen LogP contribution < -0.4 is 4.90 Å². The molecule has 2 aromatic rings. The molecule has 0 bridgehead atoms. The van der Waals surface area contributed by atoms with E-state index in [-0.39, 0.29) is 5.41 Å². The summed E-state index contributed by atoms with van der Waals surface area (Å²) in [6, 6.07) is 11.6. The minimum Gasteiger partial charge on any atom is -0.354 e. The number of hydrogen-bond donors (Lipinski definition) is 0. The zero-order valence-corrected chi connectivity index (χ0v) is 16.8. The van der Waals surface area contributed by atoms with Crippen LogP contribution in [-0.2, 0) is 15.4 Å². The number of anilines is 1. The standard InChI is InChI=1S/C20H27N3O2S/c1-16-8-9-17(20(2,3)4)15-18(16)26(24,25)23-13-11-22(12-14-23)19-7-5-6-10-21-19/h5-10,15H,11-14H2,1-4H3. The molecular formula is C20H27N3O2S. The first-order valence-electron chi connectivity index (χ1n) is 8.97. The number of sulfonamides is 1. The Morgan fingerprint density at radius 1 is 1.00 bits per heavy atom. The molecule has 1 aliphatic rings. The van der Waals surface area contributed by atoms with E-state index in [4.69, 9.17) is 0 Å². The predicted molar refractivity (Wildman–Crippen MR) is 105 cm³/mol. The average Bonchev–Trinajstić information content (AvgIpc) is 2.62. The van der Waals surface area contributed by atoms with Crippen LogP contribution >= 0.6 is 0 Å². The largest absolute Gasteiger partial charge is 0.354 e. The lowest BCUT2D eigenvalue weighted by molar-refractivity contribution is 0.383. The van der Waals surface area contributed by atoms with E-state index in [0.29, 0.717) is 31.1 Å². The summed E-state index contributed by atoms with van der Waals surface area (Å²) in [5, 5.41) is 0. The smallest absolute Gasteiger partial charge is 0.243 e. The van der Waals surface area contributed by atoms with Crippen molar-refractivity contribution in [1.29, 1.82) is 0 Å².